The van der Waals surface area contributed by atoms with Crippen molar-refractivity contribution < 1.29 is 36.2 Å². The largest absolute Gasteiger partial charge is 0.490 e. The maximum Gasteiger partial charge on any atom is 0.490 e. The number of ether oxygens (including phenoxy) is 1. The number of nitrogens with zero attached hydrogens (tertiary/aromatic N) is 2. The number of sulfonamides is 1. The van der Waals surface area contributed by atoms with Crippen LogP contribution < -0.4 is 4.74 Å². The van der Waals surface area contributed by atoms with Gasteiger partial charge in [-0.2, -0.15) is 17.5 Å². The summed E-state index contributed by atoms with van der Waals surface area (Å²) in [6, 6.07) is 16.6. The van der Waals surface area contributed by atoms with E-state index < -0.39 is 22.2 Å². The molecular formula is C22H25F3N2O5S. The summed E-state index contributed by atoms with van der Waals surface area (Å²) in [4.78, 5) is 11.4. The van der Waals surface area contributed by atoms with Crippen molar-refractivity contribution in [1.29, 1.82) is 0 Å². The predicted molar refractivity (Wildman–Crippen MR) is 114 cm³/mol. The van der Waals surface area contributed by atoms with E-state index >= 15 is 0 Å². The fraction of sp³-hybridized carbons (Fsp3) is 0.409. The van der Waals surface area contributed by atoms with Gasteiger partial charge < -0.3 is 14.7 Å². The van der Waals surface area contributed by atoms with Gasteiger partial charge in [0, 0.05) is 13.1 Å². The van der Waals surface area contributed by atoms with Crippen LogP contribution >= 0.6 is 0 Å². The number of carboxylic acids is 1. The average molecular weight is 487 g/mol. The van der Waals surface area contributed by atoms with Crippen LogP contribution in [-0.4, -0.2) is 67.2 Å². The number of para-hydroxylation sites is 1. The quantitative estimate of drug-likeness (QED) is 0.701. The molecule has 0 radical (unpaired) electrons. The number of hydrogen-bond acceptors (Lipinski definition) is 5. The van der Waals surface area contributed by atoms with Gasteiger partial charge in [-0.1, -0.05) is 42.5 Å². The summed E-state index contributed by atoms with van der Waals surface area (Å²) in [5.41, 5.74) is 0.992. The van der Waals surface area contributed by atoms with Crippen LogP contribution in [0.4, 0.5) is 13.2 Å². The van der Waals surface area contributed by atoms with Crippen molar-refractivity contribution in [1.82, 2.24) is 9.21 Å². The molecule has 2 aliphatic heterocycles. The summed E-state index contributed by atoms with van der Waals surface area (Å²) in [5, 5.41) is 7.12. The molecule has 1 N–H and O–H groups in total. The van der Waals surface area contributed by atoms with Crippen LogP contribution in [0.2, 0.25) is 0 Å². The number of rotatable bonds is 2. The van der Waals surface area contributed by atoms with E-state index in [1.807, 2.05) is 36.4 Å². The Bertz CT molecular complexity index is 1060. The normalized spacial score (nSPS) is 22.9. The maximum atomic E-state index is 13.5. The molecule has 2 aromatic carbocycles. The lowest BCUT2D eigenvalue weighted by molar-refractivity contribution is -0.192. The zero-order chi connectivity index (χ0) is 24.2. The highest BCUT2D eigenvalue weighted by atomic mass is 32.2. The highest BCUT2D eigenvalue weighted by Gasteiger charge is 2.43. The number of alkyl halides is 3. The van der Waals surface area contributed by atoms with E-state index in [-0.39, 0.29) is 17.0 Å². The predicted octanol–water partition coefficient (Wildman–Crippen LogP) is 3.37. The molecule has 11 heteroatoms. The molecule has 0 aliphatic carbocycles. The second-order valence-corrected chi connectivity index (χ2v) is 9.75. The highest BCUT2D eigenvalue weighted by Crippen LogP contribution is 2.37. The van der Waals surface area contributed by atoms with Gasteiger partial charge in [-0.15, -0.1) is 0 Å². The Morgan fingerprint density at radius 1 is 1.06 bits per heavy atom. The molecule has 0 unspecified atom stereocenters. The molecule has 0 amide bonds. The molecule has 2 aromatic rings. The Kier molecular flexibility index (Phi) is 7.65. The Balaban J connectivity index is 0.000000383. The number of hydrogen-bond donors (Lipinski definition) is 1. The topological polar surface area (TPSA) is 87.2 Å². The monoisotopic (exact) mass is 486 g/mol. The van der Waals surface area contributed by atoms with E-state index in [9.17, 15) is 21.6 Å². The second-order valence-electron chi connectivity index (χ2n) is 7.89. The molecule has 7 nitrogen and oxygen atoms in total. The zero-order valence-corrected chi connectivity index (χ0v) is 18.7. The van der Waals surface area contributed by atoms with Crippen LogP contribution in [0.15, 0.2) is 59.5 Å². The van der Waals surface area contributed by atoms with Crippen LogP contribution in [0.3, 0.4) is 0 Å². The molecule has 0 aromatic heterocycles. The van der Waals surface area contributed by atoms with Gasteiger partial charge in [0.1, 0.15) is 16.7 Å². The standard InChI is InChI=1S/C20H24N2O3S.C2HF3O2/c1-21-13-11-17-18(12-14-21)25-19-9-5-6-10-20(19)26(23,24)22(17)15-16-7-3-2-4-8-16;3-2(4,5)1(6)7/h2-10,17-18H,11-15H2,1H3;(H,6,7)/t17-,18-;/m0./s1. The fourth-order valence-corrected chi connectivity index (χ4v) is 5.64. The van der Waals surface area contributed by atoms with Gasteiger partial charge in [0.05, 0.1) is 6.04 Å². The minimum Gasteiger partial charge on any atom is -0.487 e. The second kappa shape index (κ2) is 10.1. The van der Waals surface area contributed by atoms with E-state index in [0.717, 1.165) is 31.5 Å². The lowest BCUT2D eigenvalue weighted by Gasteiger charge is -2.31. The highest BCUT2D eigenvalue weighted by molar-refractivity contribution is 7.89. The SMILES string of the molecule is CN1CC[C@@H]2Oc3ccccc3S(=O)(=O)N(Cc3ccccc3)[C@H]2CC1.O=C(O)C(F)(F)F. The molecule has 0 spiro atoms. The molecule has 1 fully saturated rings. The molecule has 2 atom stereocenters. The number of likely N-dealkylation sites (tertiary alicyclic amines) is 1. The number of carboxylic acid groups (broad SMARTS) is 1. The molecule has 0 saturated carbocycles. The Morgan fingerprint density at radius 3 is 2.27 bits per heavy atom. The van der Waals surface area contributed by atoms with Crippen LogP contribution in [0.25, 0.3) is 0 Å². The van der Waals surface area contributed by atoms with Gasteiger partial charge in [0.15, 0.2) is 0 Å². The first-order valence-corrected chi connectivity index (χ1v) is 11.7. The van der Waals surface area contributed by atoms with Crippen molar-refractivity contribution in [3.8, 4) is 5.75 Å². The third kappa shape index (κ3) is 6.04. The van der Waals surface area contributed by atoms with Crippen molar-refractivity contribution in [2.24, 2.45) is 0 Å². The summed E-state index contributed by atoms with van der Waals surface area (Å²) < 4.78 is 66.7. The van der Waals surface area contributed by atoms with Gasteiger partial charge in [0.2, 0.25) is 10.0 Å². The molecule has 2 heterocycles. The van der Waals surface area contributed by atoms with Crippen LogP contribution in [0.1, 0.15) is 18.4 Å². The lowest BCUT2D eigenvalue weighted by atomic mass is 10.1. The maximum absolute atomic E-state index is 13.5. The van der Waals surface area contributed by atoms with E-state index in [1.165, 1.54) is 0 Å². The van der Waals surface area contributed by atoms with Gasteiger partial charge in [-0.25, -0.2) is 13.2 Å². The third-order valence-corrected chi connectivity index (χ3v) is 7.45. The minimum atomic E-state index is -5.08. The van der Waals surface area contributed by atoms with Crippen molar-refractivity contribution in [3.63, 3.8) is 0 Å². The Morgan fingerprint density at radius 2 is 1.64 bits per heavy atom. The van der Waals surface area contributed by atoms with E-state index in [2.05, 4.69) is 11.9 Å². The first kappa shape index (κ1) is 25.0. The Hall–Kier alpha value is -2.63. The molecule has 4 rings (SSSR count). The van der Waals surface area contributed by atoms with Crippen LogP contribution in [0, 0.1) is 0 Å². The summed E-state index contributed by atoms with van der Waals surface area (Å²) in [6.45, 7) is 2.13. The molecule has 180 valence electrons. The van der Waals surface area contributed by atoms with Gasteiger partial charge >= 0.3 is 12.1 Å². The third-order valence-electron chi connectivity index (χ3n) is 5.54. The summed E-state index contributed by atoms with van der Waals surface area (Å²) in [5.74, 6) is -2.28. The molecule has 0 bridgehead atoms. The van der Waals surface area contributed by atoms with Crippen molar-refractivity contribution in [3.05, 3.63) is 60.2 Å². The first-order valence-electron chi connectivity index (χ1n) is 10.3. The fourth-order valence-electron chi connectivity index (χ4n) is 3.85. The van der Waals surface area contributed by atoms with Crippen LogP contribution in [-0.2, 0) is 21.4 Å². The number of carbonyl (C=O) groups is 1. The van der Waals surface area contributed by atoms with Gasteiger partial charge in [0.25, 0.3) is 0 Å². The van der Waals surface area contributed by atoms with E-state index in [1.54, 1.807) is 22.5 Å². The number of benzene rings is 2. The first-order chi connectivity index (χ1) is 15.5. The Labute approximate surface area is 190 Å². The van der Waals surface area contributed by atoms with Crippen molar-refractivity contribution >= 4 is 16.0 Å². The van der Waals surface area contributed by atoms with Crippen molar-refractivity contribution in [2.75, 3.05) is 20.1 Å². The summed E-state index contributed by atoms with van der Waals surface area (Å²) in [7, 11) is -1.55. The van der Waals surface area contributed by atoms with E-state index in [4.69, 9.17) is 14.6 Å². The van der Waals surface area contributed by atoms with Gasteiger partial charge in [-0.05, 0) is 44.1 Å². The summed E-state index contributed by atoms with van der Waals surface area (Å²) in [6.07, 6.45) is -3.64. The molecule has 2 aliphatic rings. The molecule has 1 saturated heterocycles. The molecule has 33 heavy (non-hydrogen) atoms. The molecular weight excluding hydrogens is 461 g/mol. The van der Waals surface area contributed by atoms with Crippen LogP contribution in [0.5, 0.6) is 5.75 Å². The summed E-state index contributed by atoms with van der Waals surface area (Å²) >= 11 is 0. The number of aliphatic carboxylic acids is 1. The van der Waals surface area contributed by atoms with Crippen molar-refractivity contribution in [2.45, 2.75) is 42.6 Å². The number of halogens is 3. The van der Waals surface area contributed by atoms with E-state index in [0.29, 0.717) is 12.3 Å². The average Bonchev–Trinajstić information content (AvgIpc) is 2.98. The van der Waals surface area contributed by atoms with Gasteiger partial charge in [-0.3, -0.25) is 0 Å². The lowest BCUT2D eigenvalue weighted by Crippen LogP contribution is -2.46. The minimum absolute atomic E-state index is 0.137. The zero-order valence-electron chi connectivity index (χ0n) is 17.9. The smallest absolute Gasteiger partial charge is 0.487 e. The number of fused-ring (bicyclic) bond motifs is 2.